The number of pyridine rings is 1. The molecule has 3 aromatic rings. The number of amides is 3. The quantitative estimate of drug-likeness (QED) is 0.490. The maximum absolute atomic E-state index is 14.1. The van der Waals surface area contributed by atoms with Gasteiger partial charge in [-0.25, -0.2) is 13.6 Å². The Morgan fingerprint density at radius 2 is 1.69 bits per heavy atom. The van der Waals surface area contributed by atoms with Crippen LogP contribution in [0.15, 0.2) is 60.8 Å². The van der Waals surface area contributed by atoms with E-state index in [9.17, 15) is 18.4 Å². The van der Waals surface area contributed by atoms with Crippen LogP contribution in [0.2, 0.25) is 0 Å². The first-order valence-corrected chi connectivity index (χ1v) is 9.69. The van der Waals surface area contributed by atoms with Gasteiger partial charge in [-0.2, -0.15) is 0 Å². The predicted octanol–water partition coefficient (Wildman–Crippen LogP) is 5.22. The molecule has 0 saturated heterocycles. The van der Waals surface area contributed by atoms with Crippen molar-refractivity contribution >= 4 is 23.3 Å². The largest absolute Gasteiger partial charge is 0.457 e. The number of anilines is 2. The zero-order chi connectivity index (χ0) is 23.3. The smallest absolute Gasteiger partial charge is 0.323 e. The van der Waals surface area contributed by atoms with Gasteiger partial charge in [0, 0.05) is 25.0 Å². The molecular formula is C23H22F2N4O3. The van der Waals surface area contributed by atoms with E-state index in [0.717, 1.165) is 6.07 Å². The molecule has 9 heteroatoms. The number of carbonyl (C=O) groups excluding carboxylic acids is 2. The number of benzene rings is 2. The van der Waals surface area contributed by atoms with Crippen molar-refractivity contribution in [3.05, 3.63) is 77.9 Å². The van der Waals surface area contributed by atoms with Crippen molar-refractivity contribution in [2.24, 2.45) is 0 Å². The van der Waals surface area contributed by atoms with Gasteiger partial charge in [-0.05, 0) is 61.9 Å². The molecule has 3 amide bonds. The molecule has 2 aromatic carbocycles. The van der Waals surface area contributed by atoms with Crippen molar-refractivity contribution in [2.45, 2.75) is 19.5 Å². The first-order chi connectivity index (χ1) is 15.2. The Labute approximate surface area is 183 Å². The Bertz CT molecular complexity index is 1130. The summed E-state index contributed by atoms with van der Waals surface area (Å²) in [5.41, 5.74) is -0.918. The second-order valence-electron chi connectivity index (χ2n) is 7.33. The molecular weight excluding hydrogens is 418 g/mol. The van der Waals surface area contributed by atoms with Crippen molar-refractivity contribution in [1.29, 1.82) is 0 Å². The molecule has 32 heavy (non-hydrogen) atoms. The summed E-state index contributed by atoms with van der Waals surface area (Å²) in [5, 5.41) is 7.43. The minimum Gasteiger partial charge on any atom is -0.457 e. The molecule has 1 aromatic heterocycles. The highest BCUT2D eigenvalue weighted by Crippen LogP contribution is 2.28. The average Bonchev–Trinajstić information content (AvgIpc) is 2.75. The maximum Gasteiger partial charge on any atom is 0.323 e. The number of nitrogens with zero attached hydrogens (tertiary/aromatic N) is 1. The standard InChI is InChI=1S/C23H22F2N4O3/c1-23(2,25)14-4-9-18(24)19(12-14)29-22(31)28-15-5-7-16(8-6-15)32-17-10-11-27-20(13-17)21(30)26-3/h4-13H,1-3H3,(H,26,30)(H2,28,29,31). The van der Waals surface area contributed by atoms with Gasteiger partial charge in [-0.15, -0.1) is 0 Å². The molecule has 0 spiro atoms. The van der Waals surface area contributed by atoms with E-state index in [0.29, 0.717) is 17.2 Å². The van der Waals surface area contributed by atoms with E-state index in [1.807, 2.05) is 0 Å². The van der Waals surface area contributed by atoms with Crippen molar-refractivity contribution < 1.29 is 23.1 Å². The average molecular weight is 440 g/mol. The fourth-order valence-electron chi connectivity index (χ4n) is 2.74. The highest BCUT2D eigenvalue weighted by Gasteiger charge is 2.20. The van der Waals surface area contributed by atoms with Gasteiger partial charge in [-0.1, -0.05) is 6.07 Å². The van der Waals surface area contributed by atoms with Gasteiger partial charge in [0.05, 0.1) is 5.69 Å². The SMILES string of the molecule is CNC(=O)c1cc(Oc2ccc(NC(=O)Nc3cc(C(C)(C)F)ccc3F)cc2)ccn1. The summed E-state index contributed by atoms with van der Waals surface area (Å²) in [4.78, 5) is 27.9. The number of carbonyl (C=O) groups is 2. The molecule has 0 aliphatic heterocycles. The third-order valence-corrected chi connectivity index (χ3v) is 4.44. The molecule has 0 aliphatic carbocycles. The third kappa shape index (κ3) is 5.78. The summed E-state index contributed by atoms with van der Waals surface area (Å²) in [6.45, 7) is 2.69. The number of halogens is 2. The Morgan fingerprint density at radius 1 is 0.969 bits per heavy atom. The minimum atomic E-state index is -1.67. The van der Waals surface area contributed by atoms with Crippen molar-refractivity contribution in [1.82, 2.24) is 10.3 Å². The zero-order valence-corrected chi connectivity index (χ0v) is 17.7. The van der Waals surface area contributed by atoms with Crippen molar-refractivity contribution in [3.63, 3.8) is 0 Å². The predicted molar refractivity (Wildman–Crippen MR) is 117 cm³/mol. The molecule has 3 N–H and O–H groups in total. The minimum absolute atomic E-state index is 0.129. The maximum atomic E-state index is 14.1. The third-order valence-electron chi connectivity index (χ3n) is 4.44. The normalized spacial score (nSPS) is 10.9. The van der Waals surface area contributed by atoms with E-state index in [2.05, 4.69) is 20.9 Å². The molecule has 0 unspecified atom stereocenters. The summed E-state index contributed by atoms with van der Waals surface area (Å²) in [5.74, 6) is -0.124. The fourth-order valence-corrected chi connectivity index (χ4v) is 2.74. The number of hydrogen-bond acceptors (Lipinski definition) is 4. The van der Waals surface area contributed by atoms with Crippen LogP contribution in [0.3, 0.4) is 0 Å². The van der Waals surface area contributed by atoms with Crippen LogP contribution in [0.25, 0.3) is 0 Å². The van der Waals surface area contributed by atoms with Crippen LogP contribution in [0.1, 0.15) is 29.9 Å². The molecule has 0 radical (unpaired) electrons. The van der Waals surface area contributed by atoms with E-state index in [1.54, 1.807) is 30.3 Å². The highest BCUT2D eigenvalue weighted by atomic mass is 19.1. The molecule has 166 valence electrons. The number of alkyl halides is 1. The summed E-state index contributed by atoms with van der Waals surface area (Å²) in [6.07, 6.45) is 1.46. The number of rotatable bonds is 6. The van der Waals surface area contributed by atoms with E-state index >= 15 is 0 Å². The lowest BCUT2D eigenvalue weighted by Crippen LogP contribution is -2.20. The second-order valence-corrected chi connectivity index (χ2v) is 7.33. The Kier molecular flexibility index (Phi) is 6.67. The lowest BCUT2D eigenvalue weighted by atomic mass is 9.99. The molecule has 3 rings (SSSR count). The van der Waals surface area contributed by atoms with Crippen molar-refractivity contribution in [2.75, 3.05) is 17.7 Å². The van der Waals surface area contributed by atoms with Gasteiger partial charge in [0.15, 0.2) is 0 Å². The molecule has 7 nitrogen and oxygen atoms in total. The van der Waals surface area contributed by atoms with Gasteiger partial charge in [0.1, 0.15) is 28.7 Å². The fraction of sp³-hybridized carbons (Fsp3) is 0.174. The molecule has 0 aliphatic rings. The topological polar surface area (TPSA) is 92.4 Å². The first-order valence-electron chi connectivity index (χ1n) is 9.69. The van der Waals surface area contributed by atoms with Gasteiger partial charge in [0.25, 0.3) is 5.91 Å². The lowest BCUT2D eigenvalue weighted by Gasteiger charge is -2.16. The number of nitrogens with one attached hydrogen (secondary N) is 3. The van der Waals surface area contributed by atoms with Crippen LogP contribution in [-0.2, 0) is 5.67 Å². The lowest BCUT2D eigenvalue weighted by molar-refractivity contribution is 0.0957. The summed E-state index contributed by atoms with van der Waals surface area (Å²) >= 11 is 0. The molecule has 0 atom stereocenters. The van der Waals surface area contributed by atoms with Crippen LogP contribution < -0.4 is 20.7 Å². The van der Waals surface area contributed by atoms with E-state index < -0.39 is 17.5 Å². The summed E-state index contributed by atoms with van der Waals surface area (Å²) in [7, 11) is 1.51. The van der Waals surface area contributed by atoms with E-state index in [4.69, 9.17) is 4.74 Å². The molecule has 0 bridgehead atoms. The van der Waals surface area contributed by atoms with Gasteiger partial charge >= 0.3 is 6.03 Å². The van der Waals surface area contributed by atoms with Gasteiger partial charge in [-0.3, -0.25) is 9.78 Å². The number of hydrogen-bond donors (Lipinski definition) is 3. The Balaban J connectivity index is 1.64. The first kappa shape index (κ1) is 22.7. The van der Waals surface area contributed by atoms with E-state index in [1.165, 1.54) is 45.3 Å². The van der Waals surface area contributed by atoms with Crippen LogP contribution in [0.5, 0.6) is 11.5 Å². The zero-order valence-electron chi connectivity index (χ0n) is 17.7. The number of aromatic nitrogens is 1. The molecule has 0 saturated carbocycles. The Morgan fingerprint density at radius 3 is 2.34 bits per heavy atom. The number of ether oxygens (including phenoxy) is 1. The van der Waals surface area contributed by atoms with Crippen molar-refractivity contribution in [3.8, 4) is 11.5 Å². The van der Waals surface area contributed by atoms with E-state index in [-0.39, 0.29) is 22.9 Å². The van der Waals surface area contributed by atoms with Crippen LogP contribution in [0.4, 0.5) is 25.0 Å². The van der Waals surface area contributed by atoms with Crippen LogP contribution >= 0.6 is 0 Å². The highest BCUT2D eigenvalue weighted by molar-refractivity contribution is 5.99. The summed E-state index contributed by atoms with van der Waals surface area (Å²) < 4.78 is 33.8. The van der Waals surface area contributed by atoms with Crippen LogP contribution in [0, 0.1) is 5.82 Å². The Hall–Kier alpha value is -4.01. The second kappa shape index (κ2) is 9.42. The van der Waals surface area contributed by atoms with Gasteiger partial charge in [0.2, 0.25) is 0 Å². The summed E-state index contributed by atoms with van der Waals surface area (Å²) in [6, 6.07) is 12.5. The molecule has 0 fully saturated rings. The monoisotopic (exact) mass is 440 g/mol. The van der Waals surface area contributed by atoms with Gasteiger partial charge < -0.3 is 20.7 Å². The van der Waals surface area contributed by atoms with Crippen LogP contribution in [-0.4, -0.2) is 24.0 Å². The molecule has 1 heterocycles. The number of urea groups is 1.